The van der Waals surface area contributed by atoms with Gasteiger partial charge >= 0.3 is 0 Å². The molecule has 1 fully saturated rings. The van der Waals surface area contributed by atoms with Crippen LogP contribution in [0.15, 0.2) is 0 Å². The zero-order valence-electron chi connectivity index (χ0n) is 8.31. The summed E-state index contributed by atoms with van der Waals surface area (Å²) in [6.45, 7) is 5.47. The highest BCUT2D eigenvalue weighted by Gasteiger charge is 2.49. The van der Waals surface area contributed by atoms with E-state index in [1.165, 1.54) is 6.92 Å². The van der Waals surface area contributed by atoms with Gasteiger partial charge < -0.3 is 5.73 Å². The summed E-state index contributed by atoms with van der Waals surface area (Å²) in [5, 5.41) is 0. The summed E-state index contributed by atoms with van der Waals surface area (Å²) in [4.78, 5) is 0. The maximum absolute atomic E-state index is 12.7. The average Bonchev–Trinajstić information content (AvgIpc) is 2.29. The van der Waals surface area contributed by atoms with E-state index in [1.807, 2.05) is 13.8 Å². The van der Waals surface area contributed by atoms with Crippen LogP contribution in [0.4, 0.5) is 8.78 Å². The SMILES string of the molecule is CC1(C)SCCC1C(C)(N)C(F)F. The molecule has 13 heavy (non-hydrogen) atoms. The van der Waals surface area contributed by atoms with E-state index in [0.29, 0.717) is 0 Å². The van der Waals surface area contributed by atoms with Crippen molar-refractivity contribution in [1.82, 2.24) is 0 Å². The van der Waals surface area contributed by atoms with Gasteiger partial charge in [0.25, 0.3) is 6.43 Å². The van der Waals surface area contributed by atoms with E-state index in [4.69, 9.17) is 5.73 Å². The summed E-state index contributed by atoms with van der Waals surface area (Å²) in [6, 6.07) is 0. The van der Waals surface area contributed by atoms with Gasteiger partial charge in [-0.15, -0.1) is 0 Å². The molecule has 2 N–H and O–H groups in total. The topological polar surface area (TPSA) is 26.0 Å². The van der Waals surface area contributed by atoms with E-state index in [1.54, 1.807) is 11.8 Å². The molecule has 2 atom stereocenters. The number of thioether (sulfide) groups is 1. The minimum atomic E-state index is -2.43. The Morgan fingerprint density at radius 3 is 2.38 bits per heavy atom. The first kappa shape index (κ1) is 11.2. The van der Waals surface area contributed by atoms with Gasteiger partial charge in [-0.25, -0.2) is 8.78 Å². The van der Waals surface area contributed by atoms with Crippen molar-refractivity contribution >= 4 is 11.8 Å². The lowest BCUT2D eigenvalue weighted by Crippen LogP contribution is -2.55. The van der Waals surface area contributed by atoms with Crippen molar-refractivity contribution in [3.63, 3.8) is 0 Å². The van der Waals surface area contributed by atoms with Crippen molar-refractivity contribution in [3.05, 3.63) is 0 Å². The Hall–Kier alpha value is 0.170. The van der Waals surface area contributed by atoms with Gasteiger partial charge in [0.1, 0.15) is 0 Å². The molecule has 0 amide bonds. The minimum absolute atomic E-state index is 0.0926. The van der Waals surface area contributed by atoms with Gasteiger partial charge in [0.15, 0.2) is 0 Å². The first-order valence-corrected chi connectivity index (χ1v) is 5.48. The van der Waals surface area contributed by atoms with E-state index in [2.05, 4.69) is 0 Å². The Kier molecular flexibility index (Phi) is 2.93. The fraction of sp³-hybridized carbons (Fsp3) is 1.00. The highest BCUT2D eigenvalue weighted by atomic mass is 32.2. The molecule has 0 aliphatic carbocycles. The third-order valence-electron chi connectivity index (χ3n) is 2.94. The summed E-state index contributed by atoms with van der Waals surface area (Å²) in [6.07, 6.45) is -1.63. The van der Waals surface area contributed by atoms with E-state index < -0.39 is 12.0 Å². The fourth-order valence-corrected chi connectivity index (χ4v) is 3.55. The number of halogens is 2. The van der Waals surface area contributed by atoms with Crippen LogP contribution in [0.5, 0.6) is 0 Å². The summed E-state index contributed by atoms with van der Waals surface area (Å²) >= 11 is 1.74. The lowest BCUT2D eigenvalue weighted by molar-refractivity contribution is 0.0212. The molecular formula is C9H17F2NS. The van der Waals surface area contributed by atoms with Crippen molar-refractivity contribution in [2.75, 3.05) is 5.75 Å². The third kappa shape index (κ3) is 1.99. The van der Waals surface area contributed by atoms with Gasteiger partial charge in [0.05, 0.1) is 5.54 Å². The standard InChI is InChI=1S/C9H17F2NS/c1-8(2)6(4-5-13-8)9(3,12)7(10)11/h6-7H,4-5,12H2,1-3H3. The van der Waals surface area contributed by atoms with Gasteiger partial charge in [0, 0.05) is 4.75 Å². The van der Waals surface area contributed by atoms with Crippen LogP contribution in [-0.4, -0.2) is 22.5 Å². The molecule has 2 unspecified atom stereocenters. The van der Waals surface area contributed by atoms with E-state index >= 15 is 0 Å². The summed E-state index contributed by atoms with van der Waals surface area (Å²) in [5.41, 5.74) is 4.34. The predicted octanol–water partition coefficient (Wildman–Crippen LogP) is 2.50. The van der Waals surface area contributed by atoms with E-state index in [-0.39, 0.29) is 10.7 Å². The van der Waals surface area contributed by atoms with E-state index in [0.717, 1.165) is 12.2 Å². The molecule has 0 aromatic heterocycles. The van der Waals surface area contributed by atoms with Crippen molar-refractivity contribution in [1.29, 1.82) is 0 Å². The van der Waals surface area contributed by atoms with Gasteiger partial charge in [0.2, 0.25) is 0 Å². The molecule has 4 heteroatoms. The second-order valence-corrected chi connectivity index (χ2v) is 6.21. The largest absolute Gasteiger partial charge is 0.320 e. The van der Waals surface area contributed by atoms with Gasteiger partial charge in [-0.1, -0.05) is 13.8 Å². The molecule has 1 nitrogen and oxygen atoms in total. The molecule has 0 aromatic rings. The molecule has 0 aromatic carbocycles. The molecular weight excluding hydrogens is 192 g/mol. The maximum Gasteiger partial charge on any atom is 0.256 e. The summed E-state index contributed by atoms with van der Waals surface area (Å²) in [7, 11) is 0. The number of rotatable bonds is 2. The molecule has 0 saturated carbocycles. The number of hydrogen-bond acceptors (Lipinski definition) is 2. The zero-order chi connectivity index (χ0) is 10.3. The molecule has 1 heterocycles. The first-order chi connectivity index (χ1) is 5.78. The normalized spacial score (nSPS) is 32.1. The Labute approximate surface area is 82.4 Å². The van der Waals surface area contributed by atoms with Crippen LogP contribution in [0, 0.1) is 5.92 Å². The first-order valence-electron chi connectivity index (χ1n) is 4.49. The molecule has 1 rings (SSSR count). The maximum atomic E-state index is 12.7. The summed E-state index contributed by atoms with van der Waals surface area (Å²) < 4.78 is 25.2. The van der Waals surface area contributed by atoms with Crippen molar-refractivity contribution < 1.29 is 8.78 Å². The lowest BCUT2D eigenvalue weighted by Gasteiger charge is -2.38. The predicted molar refractivity (Wildman–Crippen MR) is 53.2 cm³/mol. The average molecular weight is 209 g/mol. The molecule has 0 bridgehead atoms. The van der Waals surface area contributed by atoms with Crippen molar-refractivity contribution in [3.8, 4) is 0 Å². The lowest BCUT2D eigenvalue weighted by atomic mass is 9.77. The molecule has 0 radical (unpaired) electrons. The van der Waals surface area contributed by atoms with Crippen LogP contribution in [0.2, 0.25) is 0 Å². The van der Waals surface area contributed by atoms with Crippen LogP contribution in [0.1, 0.15) is 27.2 Å². The monoisotopic (exact) mass is 209 g/mol. The quantitative estimate of drug-likeness (QED) is 0.756. The van der Waals surface area contributed by atoms with Crippen LogP contribution in [0.3, 0.4) is 0 Å². The van der Waals surface area contributed by atoms with E-state index in [9.17, 15) is 8.78 Å². The highest BCUT2D eigenvalue weighted by Crippen LogP contribution is 2.48. The van der Waals surface area contributed by atoms with Crippen molar-refractivity contribution in [2.24, 2.45) is 11.7 Å². The Balaban J connectivity index is 2.82. The Morgan fingerprint density at radius 1 is 1.54 bits per heavy atom. The highest BCUT2D eigenvalue weighted by molar-refractivity contribution is 8.00. The number of alkyl halides is 2. The van der Waals surface area contributed by atoms with Gasteiger partial charge in [-0.3, -0.25) is 0 Å². The molecule has 0 spiro atoms. The van der Waals surface area contributed by atoms with Crippen LogP contribution in [0.25, 0.3) is 0 Å². The smallest absolute Gasteiger partial charge is 0.256 e. The van der Waals surface area contributed by atoms with Crippen LogP contribution < -0.4 is 5.73 Å². The summed E-state index contributed by atoms with van der Waals surface area (Å²) in [5.74, 6) is 0.849. The molecule has 1 saturated heterocycles. The minimum Gasteiger partial charge on any atom is -0.320 e. The second-order valence-electron chi connectivity index (χ2n) is 4.46. The number of hydrogen-bond donors (Lipinski definition) is 1. The Morgan fingerprint density at radius 2 is 2.08 bits per heavy atom. The second kappa shape index (κ2) is 3.39. The molecule has 78 valence electrons. The van der Waals surface area contributed by atoms with Crippen molar-refractivity contribution in [2.45, 2.75) is 43.9 Å². The van der Waals surface area contributed by atoms with Gasteiger partial charge in [-0.2, -0.15) is 11.8 Å². The zero-order valence-corrected chi connectivity index (χ0v) is 9.13. The van der Waals surface area contributed by atoms with Crippen LogP contribution >= 0.6 is 11.8 Å². The third-order valence-corrected chi connectivity index (χ3v) is 4.41. The number of nitrogens with two attached hydrogens (primary N) is 1. The van der Waals surface area contributed by atoms with Gasteiger partial charge in [-0.05, 0) is 25.0 Å². The molecule has 1 aliphatic heterocycles. The fourth-order valence-electron chi connectivity index (χ4n) is 2.10. The Bertz CT molecular complexity index is 192. The molecule has 1 aliphatic rings. The van der Waals surface area contributed by atoms with Crippen LogP contribution in [-0.2, 0) is 0 Å².